The number of aliphatic hydroxyl groups is 1. The molecule has 2 unspecified atom stereocenters. The zero-order valence-corrected chi connectivity index (χ0v) is 24.3. The molecule has 5 atom stereocenters. The molecule has 2 aromatic heterocycles. The van der Waals surface area contributed by atoms with Gasteiger partial charge in [-0.1, -0.05) is 41.4 Å². The third-order valence-corrected chi connectivity index (χ3v) is 8.85. The van der Waals surface area contributed by atoms with E-state index in [0.717, 1.165) is 0 Å². The highest BCUT2D eigenvalue weighted by Gasteiger charge is 2.56. The summed E-state index contributed by atoms with van der Waals surface area (Å²) in [6.45, 7) is 1.33. The molecule has 1 aliphatic heterocycles. The molecule has 0 amide bonds. The van der Waals surface area contributed by atoms with Gasteiger partial charge in [0.25, 0.3) is 0 Å². The summed E-state index contributed by atoms with van der Waals surface area (Å²) in [6, 6.07) is 7.83. The number of fused-ring (bicyclic) bond motifs is 1. The van der Waals surface area contributed by atoms with Gasteiger partial charge in [-0.3, -0.25) is 9.36 Å². The lowest BCUT2D eigenvalue weighted by Gasteiger charge is -2.28. The van der Waals surface area contributed by atoms with Crippen LogP contribution >= 0.6 is 29.8 Å². The van der Waals surface area contributed by atoms with E-state index in [9.17, 15) is 9.90 Å². The SMILES string of the molecule is CC(C)OC(=O)C(C)NP(=S)(OC[C@H]1O[C@@H](n2cnc3c(N)nc(N)nc32)C(Cl)(Cl)[C@@H]1O)Oc1ccccc1. The van der Waals surface area contributed by atoms with Gasteiger partial charge in [0, 0.05) is 0 Å². The molecule has 17 heteroatoms. The normalized spacial score (nSPS) is 23.0. The Morgan fingerprint density at radius 1 is 1.28 bits per heavy atom. The maximum atomic E-state index is 12.4. The Labute approximate surface area is 239 Å². The number of nitrogens with two attached hydrogens (primary N) is 2. The monoisotopic (exact) mass is 619 g/mol. The van der Waals surface area contributed by atoms with Crippen molar-refractivity contribution in [2.24, 2.45) is 0 Å². The molecule has 0 spiro atoms. The van der Waals surface area contributed by atoms with Crippen LogP contribution in [0.15, 0.2) is 36.7 Å². The first-order valence-electron chi connectivity index (χ1n) is 11.7. The van der Waals surface area contributed by atoms with Crippen molar-refractivity contribution in [3.63, 3.8) is 0 Å². The van der Waals surface area contributed by atoms with Crippen molar-refractivity contribution < 1.29 is 28.4 Å². The van der Waals surface area contributed by atoms with Crippen LogP contribution in [0.1, 0.15) is 27.0 Å². The van der Waals surface area contributed by atoms with Crippen LogP contribution in [0.25, 0.3) is 11.2 Å². The van der Waals surface area contributed by atoms with Gasteiger partial charge in [-0.2, -0.15) is 9.97 Å². The lowest BCUT2D eigenvalue weighted by molar-refractivity contribution is -0.149. The van der Waals surface area contributed by atoms with Crippen molar-refractivity contribution >= 4 is 70.6 Å². The molecular weight excluding hydrogens is 592 g/mol. The second-order valence-corrected chi connectivity index (χ2v) is 13.6. The second-order valence-electron chi connectivity index (χ2n) is 8.97. The number of carbonyl (C=O) groups is 1. The molecule has 3 aromatic rings. The number of para-hydroxylation sites is 1. The van der Waals surface area contributed by atoms with Gasteiger partial charge in [0.05, 0.1) is 19.0 Å². The number of hydrogen-bond acceptors (Lipinski definition) is 12. The number of hydrogen-bond donors (Lipinski definition) is 4. The number of nitrogens with zero attached hydrogens (tertiary/aromatic N) is 4. The summed E-state index contributed by atoms with van der Waals surface area (Å²) in [7, 11) is 0. The fourth-order valence-corrected chi connectivity index (χ4v) is 6.75. The third-order valence-electron chi connectivity index (χ3n) is 5.53. The van der Waals surface area contributed by atoms with Crippen molar-refractivity contribution in [3.8, 4) is 5.75 Å². The number of carbonyl (C=O) groups excluding carboxylic acids is 1. The lowest BCUT2D eigenvalue weighted by atomic mass is 10.2. The maximum absolute atomic E-state index is 12.4. The number of nitrogens with one attached hydrogen (secondary N) is 1. The molecule has 13 nitrogen and oxygen atoms in total. The number of halogens is 2. The van der Waals surface area contributed by atoms with Crippen LogP contribution in [-0.2, 0) is 30.6 Å². The first kappa shape index (κ1) is 29.7. The van der Waals surface area contributed by atoms with Crippen molar-refractivity contribution in [3.05, 3.63) is 36.7 Å². The van der Waals surface area contributed by atoms with Crippen molar-refractivity contribution in [1.82, 2.24) is 24.6 Å². The molecule has 4 rings (SSSR count). The van der Waals surface area contributed by atoms with Crippen LogP contribution in [0.2, 0.25) is 0 Å². The summed E-state index contributed by atoms with van der Waals surface area (Å²) in [5.41, 5.74) is 12.1. The first-order valence-corrected chi connectivity index (χ1v) is 15.1. The van der Waals surface area contributed by atoms with Crippen LogP contribution in [0.5, 0.6) is 5.75 Å². The van der Waals surface area contributed by atoms with Crippen molar-refractivity contribution in [1.29, 1.82) is 0 Å². The van der Waals surface area contributed by atoms with E-state index in [1.165, 1.54) is 10.9 Å². The van der Waals surface area contributed by atoms with Crippen LogP contribution in [-0.4, -0.2) is 65.9 Å². The van der Waals surface area contributed by atoms with E-state index in [2.05, 4.69) is 20.0 Å². The molecule has 0 bridgehead atoms. The number of ether oxygens (including phenoxy) is 2. The fraction of sp³-hybridized carbons (Fsp3) is 0.455. The molecule has 1 fully saturated rings. The molecule has 39 heavy (non-hydrogen) atoms. The summed E-state index contributed by atoms with van der Waals surface area (Å²) in [5, 5.41) is 13.9. The molecule has 1 aromatic carbocycles. The summed E-state index contributed by atoms with van der Waals surface area (Å²) in [4.78, 5) is 24.7. The number of aliphatic hydroxyl groups excluding tert-OH is 1. The van der Waals surface area contributed by atoms with Crippen LogP contribution < -0.4 is 21.1 Å². The highest BCUT2D eigenvalue weighted by Crippen LogP contribution is 2.50. The van der Waals surface area contributed by atoms with E-state index in [4.69, 9.17) is 65.0 Å². The van der Waals surface area contributed by atoms with Gasteiger partial charge >= 0.3 is 12.6 Å². The molecule has 0 saturated carbocycles. The summed E-state index contributed by atoms with van der Waals surface area (Å²) in [6.07, 6.45) is -2.65. The number of alkyl halides is 2. The molecule has 1 saturated heterocycles. The zero-order valence-electron chi connectivity index (χ0n) is 21.1. The maximum Gasteiger partial charge on any atom is 0.323 e. The Balaban J connectivity index is 1.55. The van der Waals surface area contributed by atoms with Gasteiger partial charge in [-0.25, -0.2) is 10.1 Å². The number of rotatable bonds is 10. The minimum absolute atomic E-state index is 0.0550. The molecule has 6 N–H and O–H groups in total. The topological polar surface area (TPSA) is 182 Å². The van der Waals surface area contributed by atoms with E-state index in [1.54, 1.807) is 45.0 Å². The first-order chi connectivity index (χ1) is 18.3. The van der Waals surface area contributed by atoms with Gasteiger partial charge in [0.2, 0.25) is 5.95 Å². The highest BCUT2D eigenvalue weighted by atomic mass is 35.5. The average Bonchev–Trinajstić information content (AvgIpc) is 3.36. The minimum Gasteiger partial charge on any atom is -0.462 e. The predicted molar refractivity (Wildman–Crippen MR) is 150 cm³/mol. The van der Waals surface area contributed by atoms with E-state index >= 15 is 0 Å². The second kappa shape index (κ2) is 11.7. The Morgan fingerprint density at radius 3 is 2.64 bits per heavy atom. The molecule has 1 aliphatic rings. The molecule has 0 aliphatic carbocycles. The minimum atomic E-state index is -3.42. The summed E-state index contributed by atoms with van der Waals surface area (Å²) >= 11 is 18.8. The van der Waals surface area contributed by atoms with Crippen molar-refractivity contribution in [2.75, 3.05) is 18.1 Å². The Morgan fingerprint density at radius 2 is 1.97 bits per heavy atom. The lowest BCUT2D eigenvalue weighted by Crippen LogP contribution is -2.39. The number of nitrogen functional groups attached to an aromatic ring is 2. The smallest absolute Gasteiger partial charge is 0.323 e. The number of anilines is 2. The van der Waals surface area contributed by atoms with Crippen molar-refractivity contribution in [2.45, 2.75) is 55.7 Å². The number of aromatic nitrogens is 4. The van der Waals surface area contributed by atoms with E-state index < -0.39 is 41.4 Å². The third kappa shape index (κ3) is 6.55. The highest BCUT2D eigenvalue weighted by molar-refractivity contribution is 8.09. The quantitative estimate of drug-likeness (QED) is 0.148. The Bertz CT molecular complexity index is 1380. The van der Waals surface area contributed by atoms with E-state index in [0.29, 0.717) is 5.75 Å². The number of imidazole rings is 1. The molecular formula is C22H28Cl2N7O6PS. The van der Waals surface area contributed by atoms with Gasteiger partial charge in [-0.15, -0.1) is 0 Å². The van der Waals surface area contributed by atoms with Crippen LogP contribution in [0.4, 0.5) is 11.8 Å². The predicted octanol–water partition coefficient (Wildman–Crippen LogP) is 2.67. The number of esters is 1. The van der Waals surface area contributed by atoms with E-state index in [-0.39, 0.29) is 35.6 Å². The zero-order chi connectivity index (χ0) is 28.5. The molecule has 212 valence electrons. The standard InChI is InChI=1S/C22H28Cl2N7O6PS/c1-11(2)35-19(33)12(3)30-38(39,37-13-7-5-4-6-8-13)34-9-14-16(32)22(23,24)20(36-14)31-10-27-15-17(25)28-21(26)29-18(15)31/h4-8,10-12,14,16,20,32H,9H2,1-3H3,(H,30,39)(H4,25,26,28,29)/t12?,14-,16-,20-,38?/m1/s1. The average molecular weight is 620 g/mol. The van der Waals surface area contributed by atoms with Gasteiger partial charge < -0.3 is 35.1 Å². The van der Waals surface area contributed by atoms with Gasteiger partial charge in [0.1, 0.15) is 29.5 Å². The Hall–Kier alpha value is -2.29. The molecule has 0 radical (unpaired) electrons. The summed E-state index contributed by atoms with van der Waals surface area (Å²) < 4.78 is 22.8. The number of benzene rings is 1. The van der Waals surface area contributed by atoms with Crippen LogP contribution in [0.3, 0.4) is 0 Å². The molecule has 3 heterocycles. The van der Waals surface area contributed by atoms with Crippen LogP contribution in [0, 0.1) is 0 Å². The van der Waals surface area contributed by atoms with Gasteiger partial charge in [-0.05, 0) is 44.7 Å². The fourth-order valence-electron chi connectivity index (χ4n) is 3.74. The Kier molecular flexibility index (Phi) is 8.89. The summed E-state index contributed by atoms with van der Waals surface area (Å²) in [5.74, 6) is -0.165. The van der Waals surface area contributed by atoms with Gasteiger partial charge in [0.15, 0.2) is 22.0 Å². The largest absolute Gasteiger partial charge is 0.462 e. The van der Waals surface area contributed by atoms with E-state index in [1.807, 2.05) is 6.07 Å².